The molecule has 0 radical (unpaired) electrons. The number of hydrogen-bond donors (Lipinski definition) is 2. The number of rotatable bonds is 6. The Labute approximate surface area is 190 Å². The summed E-state index contributed by atoms with van der Waals surface area (Å²) in [7, 11) is 3.47. The molecule has 5 aromatic rings. The molecule has 3 heterocycles. The topological polar surface area (TPSA) is 98.2 Å². The van der Waals surface area contributed by atoms with E-state index < -0.39 is 6.10 Å². The number of aliphatic hydroxyl groups is 2. The second kappa shape index (κ2) is 8.50. The van der Waals surface area contributed by atoms with Gasteiger partial charge in [0.15, 0.2) is 5.65 Å². The summed E-state index contributed by atoms with van der Waals surface area (Å²) in [5, 5.41) is 26.0. The zero-order chi connectivity index (χ0) is 22.9. The quantitative estimate of drug-likeness (QED) is 0.418. The largest absolute Gasteiger partial charge is 0.496 e. The van der Waals surface area contributed by atoms with Crippen molar-refractivity contribution >= 4 is 11.0 Å². The van der Waals surface area contributed by atoms with Crippen LogP contribution in [0, 0.1) is 0 Å². The zero-order valence-corrected chi connectivity index (χ0v) is 18.3. The fourth-order valence-corrected chi connectivity index (χ4v) is 4.03. The van der Waals surface area contributed by atoms with E-state index in [1.54, 1.807) is 30.3 Å². The van der Waals surface area contributed by atoms with Crippen LogP contribution in [0.5, 0.6) is 5.75 Å². The Morgan fingerprint density at radius 3 is 2.64 bits per heavy atom. The second-order valence-electron chi connectivity index (χ2n) is 7.71. The first-order valence-electron chi connectivity index (χ1n) is 10.5. The lowest BCUT2D eigenvalue weighted by Crippen LogP contribution is -2.06. The van der Waals surface area contributed by atoms with Gasteiger partial charge in [0.25, 0.3) is 0 Å². The van der Waals surface area contributed by atoms with Crippen molar-refractivity contribution in [2.24, 2.45) is 7.05 Å². The van der Waals surface area contributed by atoms with E-state index in [1.165, 1.54) is 4.68 Å². The van der Waals surface area contributed by atoms with Crippen molar-refractivity contribution in [3.8, 4) is 28.1 Å². The molecule has 3 aromatic heterocycles. The number of methoxy groups -OCH3 is 1. The van der Waals surface area contributed by atoms with Crippen molar-refractivity contribution in [1.29, 1.82) is 0 Å². The first-order chi connectivity index (χ1) is 16.1. The van der Waals surface area contributed by atoms with E-state index in [1.807, 2.05) is 61.6 Å². The molecule has 0 aliphatic heterocycles. The van der Waals surface area contributed by atoms with E-state index in [-0.39, 0.29) is 6.73 Å². The third-order valence-electron chi connectivity index (χ3n) is 5.72. The van der Waals surface area contributed by atoms with Crippen LogP contribution in [0.2, 0.25) is 0 Å². The number of aliphatic hydroxyl groups excluding tert-OH is 2. The molecular formula is C25H23N5O3. The highest BCUT2D eigenvalue weighted by Gasteiger charge is 2.19. The highest BCUT2D eigenvalue weighted by atomic mass is 16.5. The number of aromatic nitrogens is 5. The molecule has 0 aliphatic carbocycles. The molecular weight excluding hydrogens is 418 g/mol. The van der Waals surface area contributed by atoms with Gasteiger partial charge in [-0.2, -0.15) is 5.10 Å². The Kier molecular flexibility index (Phi) is 5.37. The van der Waals surface area contributed by atoms with Gasteiger partial charge in [-0.05, 0) is 35.4 Å². The van der Waals surface area contributed by atoms with Crippen LogP contribution < -0.4 is 4.74 Å². The fourth-order valence-electron chi connectivity index (χ4n) is 4.03. The number of nitrogens with zero attached hydrogens (tertiary/aromatic N) is 5. The van der Waals surface area contributed by atoms with Crippen LogP contribution in [0.1, 0.15) is 17.5 Å². The van der Waals surface area contributed by atoms with Gasteiger partial charge < -0.3 is 19.5 Å². The van der Waals surface area contributed by atoms with Crippen LogP contribution >= 0.6 is 0 Å². The number of imidazole rings is 1. The maximum Gasteiger partial charge on any atom is 0.160 e. The van der Waals surface area contributed by atoms with Gasteiger partial charge >= 0.3 is 0 Å². The van der Waals surface area contributed by atoms with E-state index in [4.69, 9.17) is 4.74 Å². The van der Waals surface area contributed by atoms with Gasteiger partial charge in [-0.25, -0.2) is 14.6 Å². The number of para-hydroxylation sites is 1. The SMILES string of the molecule is COc1ccccc1-c1nn(CO)c2ncc(-c3cccc(C(O)c4nccn4C)c3)cc12. The summed E-state index contributed by atoms with van der Waals surface area (Å²) in [6, 6.07) is 17.3. The van der Waals surface area contributed by atoms with Crippen molar-refractivity contribution < 1.29 is 14.9 Å². The van der Waals surface area contributed by atoms with Crippen molar-refractivity contribution in [3.05, 3.63) is 84.6 Å². The van der Waals surface area contributed by atoms with Crippen LogP contribution in [0.25, 0.3) is 33.4 Å². The second-order valence-corrected chi connectivity index (χ2v) is 7.71. The molecule has 0 spiro atoms. The lowest BCUT2D eigenvalue weighted by atomic mass is 10.00. The van der Waals surface area contributed by atoms with Crippen LogP contribution in [-0.4, -0.2) is 41.6 Å². The summed E-state index contributed by atoms with van der Waals surface area (Å²) >= 11 is 0. The summed E-state index contributed by atoms with van der Waals surface area (Å²) in [6.45, 7) is -0.288. The van der Waals surface area contributed by atoms with E-state index in [0.717, 1.165) is 27.6 Å². The van der Waals surface area contributed by atoms with Crippen molar-refractivity contribution in [3.63, 3.8) is 0 Å². The van der Waals surface area contributed by atoms with Crippen LogP contribution in [0.15, 0.2) is 73.2 Å². The molecule has 2 N–H and O–H groups in total. The molecule has 0 saturated carbocycles. The van der Waals surface area contributed by atoms with Gasteiger partial charge in [-0.3, -0.25) is 0 Å². The molecule has 5 rings (SSSR count). The summed E-state index contributed by atoms with van der Waals surface area (Å²) in [5.41, 5.74) is 4.57. The Bertz CT molecular complexity index is 1440. The molecule has 0 fully saturated rings. The third kappa shape index (κ3) is 3.65. The van der Waals surface area contributed by atoms with E-state index in [2.05, 4.69) is 15.1 Å². The molecule has 1 atom stereocenters. The van der Waals surface area contributed by atoms with Gasteiger partial charge in [-0.1, -0.05) is 30.3 Å². The molecule has 0 aliphatic rings. The molecule has 166 valence electrons. The van der Waals surface area contributed by atoms with Crippen molar-refractivity contribution in [2.45, 2.75) is 12.8 Å². The first-order valence-corrected chi connectivity index (χ1v) is 10.5. The molecule has 8 heteroatoms. The van der Waals surface area contributed by atoms with Gasteiger partial charge in [0.1, 0.15) is 30.1 Å². The monoisotopic (exact) mass is 441 g/mol. The molecule has 0 bridgehead atoms. The number of ether oxygens (including phenoxy) is 1. The standard InChI is InChI=1S/C25H23N5O3/c1-29-11-10-26-25(29)23(32)17-7-5-6-16(12-17)18-13-20-22(19-8-3-4-9-21(19)33-2)28-30(15-31)24(20)27-14-18/h3-14,23,31-32H,15H2,1-2H3. The number of benzene rings is 2. The van der Waals surface area contributed by atoms with E-state index in [9.17, 15) is 10.2 Å². The molecule has 1 unspecified atom stereocenters. The van der Waals surface area contributed by atoms with Gasteiger partial charge in [0.2, 0.25) is 0 Å². The summed E-state index contributed by atoms with van der Waals surface area (Å²) in [4.78, 5) is 8.85. The maximum atomic E-state index is 10.8. The highest BCUT2D eigenvalue weighted by molar-refractivity contribution is 5.95. The normalized spacial score (nSPS) is 12.2. The Morgan fingerprint density at radius 1 is 1.03 bits per heavy atom. The van der Waals surface area contributed by atoms with Crippen LogP contribution in [-0.2, 0) is 13.8 Å². The molecule has 8 nitrogen and oxygen atoms in total. The molecule has 0 saturated heterocycles. The van der Waals surface area contributed by atoms with Crippen LogP contribution in [0.4, 0.5) is 0 Å². The van der Waals surface area contributed by atoms with Gasteiger partial charge in [-0.15, -0.1) is 0 Å². The fraction of sp³-hybridized carbons (Fsp3) is 0.160. The van der Waals surface area contributed by atoms with Crippen LogP contribution in [0.3, 0.4) is 0 Å². The molecule has 2 aromatic carbocycles. The van der Waals surface area contributed by atoms with E-state index in [0.29, 0.717) is 22.9 Å². The minimum atomic E-state index is -0.845. The number of aryl methyl sites for hydroxylation is 1. The predicted molar refractivity (Wildman–Crippen MR) is 124 cm³/mol. The lowest BCUT2D eigenvalue weighted by Gasteiger charge is -2.12. The molecule has 33 heavy (non-hydrogen) atoms. The minimum Gasteiger partial charge on any atom is -0.496 e. The Morgan fingerprint density at radius 2 is 1.88 bits per heavy atom. The van der Waals surface area contributed by atoms with Crippen molar-refractivity contribution in [1.82, 2.24) is 24.3 Å². The van der Waals surface area contributed by atoms with Gasteiger partial charge in [0, 0.05) is 42.2 Å². The summed E-state index contributed by atoms with van der Waals surface area (Å²) in [5.74, 6) is 1.26. The average Bonchev–Trinajstić information content (AvgIpc) is 3.46. The first kappa shape index (κ1) is 20.9. The average molecular weight is 441 g/mol. The number of hydrogen-bond acceptors (Lipinski definition) is 6. The Hall–Kier alpha value is -4.01. The van der Waals surface area contributed by atoms with Crippen molar-refractivity contribution in [2.75, 3.05) is 7.11 Å². The van der Waals surface area contributed by atoms with E-state index >= 15 is 0 Å². The van der Waals surface area contributed by atoms with Gasteiger partial charge in [0.05, 0.1) is 7.11 Å². The summed E-state index contributed by atoms with van der Waals surface area (Å²) < 4.78 is 8.79. The maximum absolute atomic E-state index is 10.8. The number of fused-ring (bicyclic) bond motifs is 1. The third-order valence-corrected chi connectivity index (χ3v) is 5.72. The highest BCUT2D eigenvalue weighted by Crippen LogP contribution is 2.35. The smallest absolute Gasteiger partial charge is 0.160 e. The molecule has 0 amide bonds. The summed E-state index contributed by atoms with van der Waals surface area (Å²) in [6.07, 6.45) is 4.37. The predicted octanol–water partition coefficient (Wildman–Crippen LogP) is 3.54. The Balaban J connectivity index is 1.63. The zero-order valence-electron chi connectivity index (χ0n) is 18.3. The lowest BCUT2D eigenvalue weighted by molar-refractivity contribution is 0.200. The number of pyridine rings is 1. The minimum absolute atomic E-state index is 0.288.